The summed E-state index contributed by atoms with van der Waals surface area (Å²) in [7, 11) is 0. The summed E-state index contributed by atoms with van der Waals surface area (Å²) >= 11 is 2.84. The van der Waals surface area contributed by atoms with Crippen LogP contribution in [0.15, 0.2) is 28.7 Å². The topological polar surface area (TPSA) is 106 Å². The Hall–Kier alpha value is -2.33. The molecule has 4 N–H and O–H groups in total. The molecule has 0 saturated heterocycles. The molecule has 0 aliphatic carbocycles. The molecule has 1 aromatic carbocycles. The monoisotopic (exact) mass is 359 g/mol. The van der Waals surface area contributed by atoms with E-state index >= 15 is 0 Å². The van der Waals surface area contributed by atoms with Crippen molar-refractivity contribution in [1.29, 1.82) is 0 Å². The lowest BCUT2D eigenvalue weighted by molar-refractivity contribution is -0.384. The van der Waals surface area contributed by atoms with Crippen molar-refractivity contribution in [1.82, 2.24) is 4.98 Å². The number of hydrogen-bond donors (Lipinski definition) is 3. The molecule has 1 aromatic heterocycles. The van der Waals surface area contributed by atoms with E-state index in [1.165, 1.54) is 0 Å². The minimum atomic E-state index is -0.751. The number of nitrogens with two attached hydrogens (primary N) is 1. The second kappa shape index (κ2) is 5.97. The predicted octanol–water partition coefficient (Wildman–Crippen LogP) is 3.06. The lowest BCUT2D eigenvalue weighted by Gasteiger charge is -2.09. The first-order valence-corrected chi connectivity index (χ1v) is 6.24. The van der Waals surface area contributed by atoms with E-state index in [1.54, 1.807) is 0 Å². The third kappa shape index (κ3) is 3.41. The van der Waals surface area contributed by atoms with Crippen molar-refractivity contribution in [3.05, 3.63) is 50.5 Å². The van der Waals surface area contributed by atoms with Gasteiger partial charge in [-0.1, -0.05) is 0 Å². The smallest absolute Gasteiger partial charge is 0.276 e. The maximum absolute atomic E-state index is 13.7. The quantitative estimate of drug-likeness (QED) is 0.335. The molecule has 0 atom stereocenters. The van der Waals surface area contributed by atoms with Gasteiger partial charge in [-0.3, -0.25) is 10.1 Å². The van der Waals surface area contributed by atoms with E-state index < -0.39 is 16.6 Å². The number of pyridine rings is 1. The molecule has 0 unspecified atom stereocenters. The number of hydrogen-bond acceptors (Lipinski definition) is 6. The average Bonchev–Trinajstić information content (AvgIpc) is 2.44. The Labute approximate surface area is 125 Å². The van der Waals surface area contributed by atoms with Crippen LogP contribution in [0.4, 0.5) is 31.8 Å². The van der Waals surface area contributed by atoms with Crippen molar-refractivity contribution in [2.24, 2.45) is 5.84 Å². The molecular weight excluding hydrogens is 352 g/mol. The molecule has 110 valence electrons. The van der Waals surface area contributed by atoms with Crippen molar-refractivity contribution in [3.8, 4) is 0 Å². The maximum Gasteiger partial charge on any atom is 0.276 e. The molecule has 2 aromatic rings. The van der Waals surface area contributed by atoms with Crippen molar-refractivity contribution in [3.63, 3.8) is 0 Å². The first-order chi connectivity index (χ1) is 9.90. The molecule has 0 aliphatic heterocycles. The largest absolute Gasteiger partial charge is 0.337 e. The van der Waals surface area contributed by atoms with Crippen LogP contribution in [0.25, 0.3) is 0 Å². The van der Waals surface area contributed by atoms with Crippen LogP contribution in [0, 0.1) is 21.7 Å². The number of anilines is 3. The Bertz CT molecular complexity index is 713. The SMILES string of the molecule is NNc1cc([N+](=O)[O-])cc(Nc2cc(F)c(Br)cc2F)n1. The Morgan fingerprint density at radius 3 is 2.48 bits per heavy atom. The molecule has 10 heteroatoms. The summed E-state index contributed by atoms with van der Waals surface area (Å²) in [6.45, 7) is 0. The second-order valence-electron chi connectivity index (χ2n) is 3.87. The zero-order chi connectivity index (χ0) is 15.6. The fourth-order valence-corrected chi connectivity index (χ4v) is 1.83. The van der Waals surface area contributed by atoms with Gasteiger partial charge in [0.1, 0.15) is 23.3 Å². The fourth-order valence-electron chi connectivity index (χ4n) is 1.52. The van der Waals surface area contributed by atoms with Gasteiger partial charge >= 0.3 is 0 Å². The summed E-state index contributed by atoms with van der Waals surface area (Å²) in [4.78, 5) is 14.0. The zero-order valence-corrected chi connectivity index (χ0v) is 11.8. The number of nitrogens with one attached hydrogen (secondary N) is 2. The van der Waals surface area contributed by atoms with Gasteiger partial charge in [0.05, 0.1) is 27.2 Å². The van der Waals surface area contributed by atoms with E-state index in [9.17, 15) is 18.9 Å². The Morgan fingerprint density at radius 1 is 1.19 bits per heavy atom. The Morgan fingerprint density at radius 2 is 1.86 bits per heavy atom. The van der Waals surface area contributed by atoms with Crippen molar-refractivity contribution in [2.45, 2.75) is 0 Å². The standard InChI is InChI=1S/C11H8BrF2N5O2/c12-6-3-8(14)9(4-7(6)13)16-10-1-5(19(20)21)2-11(17-10)18-15/h1-4H,15H2,(H2,16,17,18). The molecule has 0 bridgehead atoms. The number of nitrogen functional groups attached to an aromatic ring is 1. The molecule has 21 heavy (non-hydrogen) atoms. The van der Waals surface area contributed by atoms with Crippen LogP contribution in [0.5, 0.6) is 0 Å². The highest BCUT2D eigenvalue weighted by molar-refractivity contribution is 9.10. The lowest BCUT2D eigenvalue weighted by Crippen LogP contribution is -2.10. The van der Waals surface area contributed by atoms with Gasteiger partial charge in [0.2, 0.25) is 0 Å². The third-order valence-corrected chi connectivity index (χ3v) is 3.05. The maximum atomic E-state index is 13.7. The fraction of sp³-hybridized carbons (Fsp3) is 0. The van der Waals surface area contributed by atoms with Gasteiger partial charge in [-0.05, 0) is 22.0 Å². The first kappa shape index (κ1) is 15.1. The van der Waals surface area contributed by atoms with E-state index in [1.807, 2.05) is 0 Å². The van der Waals surface area contributed by atoms with Crippen LogP contribution in [0.2, 0.25) is 0 Å². The van der Waals surface area contributed by atoms with Crippen molar-refractivity contribution >= 4 is 38.9 Å². The molecule has 0 spiro atoms. The van der Waals surface area contributed by atoms with Gasteiger partial charge in [-0.15, -0.1) is 0 Å². The number of nitro groups is 1. The highest BCUT2D eigenvalue weighted by Gasteiger charge is 2.13. The number of aromatic nitrogens is 1. The molecule has 7 nitrogen and oxygen atoms in total. The van der Waals surface area contributed by atoms with Crippen LogP contribution in [0.3, 0.4) is 0 Å². The predicted molar refractivity (Wildman–Crippen MR) is 76.0 cm³/mol. The van der Waals surface area contributed by atoms with Gasteiger partial charge in [0, 0.05) is 6.07 Å². The molecule has 0 fully saturated rings. The normalized spacial score (nSPS) is 10.3. The van der Waals surface area contributed by atoms with Gasteiger partial charge in [0.15, 0.2) is 0 Å². The zero-order valence-electron chi connectivity index (χ0n) is 10.2. The van der Waals surface area contributed by atoms with Crippen molar-refractivity contribution < 1.29 is 13.7 Å². The number of rotatable bonds is 4. The summed E-state index contributed by atoms with van der Waals surface area (Å²) < 4.78 is 27.1. The lowest BCUT2D eigenvalue weighted by atomic mass is 10.3. The average molecular weight is 360 g/mol. The van der Waals surface area contributed by atoms with Gasteiger partial charge in [0.25, 0.3) is 5.69 Å². The van der Waals surface area contributed by atoms with Crippen LogP contribution in [-0.2, 0) is 0 Å². The Kier molecular flexibility index (Phi) is 4.29. The molecular formula is C11H8BrF2N5O2. The van der Waals surface area contributed by atoms with Gasteiger partial charge < -0.3 is 10.7 Å². The molecule has 0 aliphatic rings. The van der Waals surface area contributed by atoms with Crippen molar-refractivity contribution in [2.75, 3.05) is 10.7 Å². The summed E-state index contributed by atoms with van der Waals surface area (Å²) in [6, 6.07) is 4.00. The number of hydrazine groups is 1. The van der Waals surface area contributed by atoms with E-state index in [2.05, 4.69) is 31.7 Å². The molecule has 0 saturated carbocycles. The van der Waals surface area contributed by atoms with Gasteiger partial charge in [-0.25, -0.2) is 19.6 Å². The number of halogens is 3. The molecule has 1 heterocycles. The second-order valence-corrected chi connectivity index (χ2v) is 4.72. The number of nitrogens with zero attached hydrogens (tertiary/aromatic N) is 2. The summed E-state index contributed by atoms with van der Waals surface area (Å²) in [6.07, 6.45) is 0. The summed E-state index contributed by atoms with van der Waals surface area (Å²) in [5.74, 6) is 3.65. The van der Waals surface area contributed by atoms with E-state index in [0.717, 1.165) is 24.3 Å². The summed E-state index contributed by atoms with van der Waals surface area (Å²) in [5.41, 5.74) is 1.63. The highest BCUT2D eigenvalue weighted by Crippen LogP contribution is 2.27. The first-order valence-electron chi connectivity index (χ1n) is 5.45. The molecule has 0 amide bonds. The third-order valence-electron chi connectivity index (χ3n) is 2.44. The molecule has 2 rings (SSSR count). The minimum Gasteiger partial charge on any atom is -0.337 e. The van der Waals surface area contributed by atoms with Gasteiger partial charge in [-0.2, -0.15) is 0 Å². The van der Waals surface area contributed by atoms with Crippen LogP contribution in [0.1, 0.15) is 0 Å². The number of benzene rings is 1. The Balaban J connectivity index is 2.41. The molecule has 0 radical (unpaired) electrons. The minimum absolute atomic E-state index is 0.00434. The van der Waals surface area contributed by atoms with Crippen LogP contribution >= 0.6 is 15.9 Å². The summed E-state index contributed by atoms with van der Waals surface area (Å²) in [5, 5.41) is 13.2. The van der Waals surface area contributed by atoms with E-state index in [4.69, 9.17) is 5.84 Å². The van der Waals surface area contributed by atoms with E-state index in [-0.39, 0.29) is 27.5 Å². The van der Waals surface area contributed by atoms with E-state index in [0.29, 0.717) is 0 Å². The van der Waals surface area contributed by atoms with Crippen LogP contribution in [-0.4, -0.2) is 9.91 Å². The van der Waals surface area contributed by atoms with Crippen LogP contribution < -0.4 is 16.6 Å². The highest BCUT2D eigenvalue weighted by atomic mass is 79.9.